The molecule has 4 aromatic rings. The summed E-state index contributed by atoms with van der Waals surface area (Å²) in [6, 6.07) is 30.2. The van der Waals surface area contributed by atoms with Crippen molar-refractivity contribution in [3.63, 3.8) is 0 Å². The van der Waals surface area contributed by atoms with Gasteiger partial charge in [-0.25, -0.2) is 8.42 Å². The van der Waals surface area contributed by atoms with Crippen LogP contribution < -0.4 is 19.1 Å². The molecular weight excluding hydrogens is 590 g/mol. The van der Waals surface area contributed by atoms with Gasteiger partial charge in [0.2, 0.25) is 11.8 Å². The Labute approximate surface area is 265 Å². The first-order valence-electron chi connectivity index (χ1n) is 14.8. The second-order valence-corrected chi connectivity index (χ2v) is 12.1. The average molecular weight is 630 g/mol. The van der Waals surface area contributed by atoms with Crippen LogP contribution in [0.25, 0.3) is 0 Å². The first-order valence-corrected chi connectivity index (χ1v) is 16.3. The van der Waals surface area contributed by atoms with Gasteiger partial charge >= 0.3 is 0 Å². The van der Waals surface area contributed by atoms with Crippen LogP contribution in [0.15, 0.2) is 114 Å². The van der Waals surface area contributed by atoms with Gasteiger partial charge in [-0.05, 0) is 73.5 Å². The van der Waals surface area contributed by atoms with Crippen LogP contribution in [0, 0.1) is 0 Å². The van der Waals surface area contributed by atoms with Gasteiger partial charge in [0.25, 0.3) is 10.0 Å². The SMILES string of the molecule is CCNC(=O)C(Cc1ccccc1)N(Cc1cccc(OC)c1)C(=O)CN(c1ccc(OCC)cc1)S(=O)(=O)c1ccccc1. The summed E-state index contributed by atoms with van der Waals surface area (Å²) in [4.78, 5) is 29.6. The van der Waals surface area contributed by atoms with Crippen molar-refractivity contribution >= 4 is 27.5 Å². The number of benzene rings is 4. The zero-order valence-corrected chi connectivity index (χ0v) is 26.6. The lowest BCUT2D eigenvalue weighted by atomic mass is 10.0. The molecule has 1 atom stereocenters. The molecule has 0 aromatic heterocycles. The standard InChI is InChI=1S/C35H39N3O6S/c1-4-36-35(40)33(24-27-13-8-6-9-14-27)37(25-28-15-12-16-31(23-28)43-3)34(39)26-38(29-19-21-30(22-20-29)44-5-2)45(41,42)32-17-10-7-11-18-32/h6-23,33H,4-5,24-26H2,1-3H3,(H,36,40). The Balaban J connectivity index is 1.79. The summed E-state index contributed by atoms with van der Waals surface area (Å²) in [5.74, 6) is 0.290. The molecule has 0 heterocycles. The minimum atomic E-state index is -4.18. The number of hydrogen-bond donors (Lipinski definition) is 1. The van der Waals surface area contributed by atoms with Gasteiger partial charge in [-0.3, -0.25) is 13.9 Å². The molecule has 0 saturated heterocycles. The highest BCUT2D eigenvalue weighted by atomic mass is 32.2. The number of rotatable bonds is 15. The molecule has 236 valence electrons. The van der Waals surface area contributed by atoms with E-state index in [1.807, 2.05) is 50.2 Å². The van der Waals surface area contributed by atoms with Gasteiger partial charge in [0.1, 0.15) is 24.1 Å². The predicted molar refractivity (Wildman–Crippen MR) is 175 cm³/mol. The third-order valence-electron chi connectivity index (χ3n) is 7.15. The monoisotopic (exact) mass is 629 g/mol. The highest BCUT2D eigenvalue weighted by molar-refractivity contribution is 7.92. The van der Waals surface area contributed by atoms with Crippen LogP contribution in [0.4, 0.5) is 5.69 Å². The van der Waals surface area contributed by atoms with Crippen molar-refractivity contribution < 1.29 is 27.5 Å². The van der Waals surface area contributed by atoms with Gasteiger partial charge in [0.15, 0.2) is 0 Å². The van der Waals surface area contributed by atoms with Crippen molar-refractivity contribution in [3.05, 3.63) is 120 Å². The Morgan fingerprint density at radius 3 is 2.07 bits per heavy atom. The number of ether oxygens (including phenoxy) is 2. The van der Waals surface area contributed by atoms with E-state index in [1.165, 1.54) is 17.0 Å². The maximum absolute atomic E-state index is 14.5. The van der Waals surface area contributed by atoms with Gasteiger partial charge in [0, 0.05) is 19.5 Å². The molecule has 9 nitrogen and oxygen atoms in total. The zero-order chi connectivity index (χ0) is 32.2. The van der Waals surface area contributed by atoms with Crippen LogP contribution in [-0.2, 0) is 32.6 Å². The molecule has 1 unspecified atom stereocenters. The number of likely N-dealkylation sites (N-methyl/N-ethyl adjacent to an activating group) is 1. The Morgan fingerprint density at radius 2 is 1.44 bits per heavy atom. The van der Waals surface area contributed by atoms with Crippen LogP contribution in [0.2, 0.25) is 0 Å². The van der Waals surface area contributed by atoms with Crippen molar-refractivity contribution in [2.75, 3.05) is 31.1 Å². The van der Waals surface area contributed by atoms with Crippen molar-refractivity contribution in [1.82, 2.24) is 10.2 Å². The third kappa shape index (κ3) is 8.63. The summed E-state index contributed by atoms with van der Waals surface area (Å²) in [5, 5.41) is 2.87. The van der Waals surface area contributed by atoms with Gasteiger partial charge < -0.3 is 19.7 Å². The molecule has 4 aromatic carbocycles. The molecule has 10 heteroatoms. The minimum Gasteiger partial charge on any atom is -0.497 e. The molecule has 0 aliphatic rings. The number of methoxy groups -OCH3 is 1. The van der Waals surface area contributed by atoms with Crippen LogP contribution >= 0.6 is 0 Å². The van der Waals surface area contributed by atoms with Gasteiger partial charge in [0.05, 0.1) is 24.3 Å². The van der Waals surface area contributed by atoms with Crippen molar-refractivity contribution in [1.29, 1.82) is 0 Å². The quantitative estimate of drug-likeness (QED) is 0.197. The summed E-state index contributed by atoms with van der Waals surface area (Å²) in [7, 11) is -2.63. The molecule has 45 heavy (non-hydrogen) atoms. The van der Waals surface area contributed by atoms with Crippen LogP contribution in [-0.4, -0.2) is 58.0 Å². The lowest BCUT2D eigenvalue weighted by molar-refractivity contribution is -0.140. The molecule has 0 aliphatic carbocycles. The number of nitrogens with zero attached hydrogens (tertiary/aromatic N) is 2. The van der Waals surface area contributed by atoms with E-state index in [-0.39, 0.29) is 29.5 Å². The van der Waals surface area contributed by atoms with Crippen molar-refractivity contribution in [2.45, 2.75) is 37.8 Å². The molecule has 4 rings (SSSR count). The second kappa shape index (κ2) is 15.8. The Morgan fingerprint density at radius 1 is 0.800 bits per heavy atom. The largest absolute Gasteiger partial charge is 0.497 e. The summed E-state index contributed by atoms with van der Waals surface area (Å²) < 4.78 is 40.2. The number of nitrogens with one attached hydrogen (secondary N) is 1. The Hall–Kier alpha value is -4.83. The van der Waals surface area contributed by atoms with E-state index in [1.54, 1.807) is 67.8 Å². The van der Waals surface area contributed by atoms with Crippen LogP contribution in [0.3, 0.4) is 0 Å². The Bertz CT molecular complexity index is 1650. The molecule has 0 radical (unpaired) electrons. The maximum atomic E-state index is 14.5. The third-order valence-corrected chi connectivity index (χ3v) is 8.94. The van der Waals surface area contributed by atoms with E-state index in [4.69, 9.17) is 9.47 Å². The molecule has 0 saturated carbocycles. The lowest BCUT2D eigenvalue weighted by Crippen LogP contribution is -2.53. The van der Waals surface area contributed by atoms with Crippen molar-refractivity contribution in [2.24, 2.45) is 0 Å². The van der Waals surface area contributed by atoms with E-state index in [9.17, 15) is 18.0 Å². The van der Waals surface area contributed by atoms with Crippen LogP contribution in [0.1, 0.15) is 25.0 Å². The smallest absolute Gasteiger partial charge is 0.264 e. The first kappa shape index (κ1) is 33.1. The first-order chi connectivity index (χ1) is 21.8. The van der Waals surface area contributed by atoms with Gasteiger partial charge in [-0.1, -0.05) is 60.7 Å². The molecule has 0 bridgehead atoms. The fraction of sp³-hybridized carbons (Fsp3) is 0.257. The summed E-state index contributed by atoms with van der Waals surface area (Å²) >= 11 is 0. The second-order valence-electron chi connectivity index (χ2n) is 10.2. The Kier molecular flexibility index (Phi) is 11.6. The maximum Gasteiger partial charge on any atom is 0.264 e. The van der Waals surface area contributed by atoms with Crippen molar-refractivity contribution in [3.8, 4) is 11.5 Å². The highest BCUT2D eigenvalue weighted by Gasteiger charge is 2.34. The zero-order valence-electron chi connectivity index (χ0n) is 25.8. The minimum absolute atomic E-state index is 0.0376. The van der Waals surface area contributed by atoms with E-state index < -0.39 is 28.5 Å². The fourth-order valence-electron chi connectivity index (χ4n) is 4.94. The molecule has 0 aliphatic heterocycles. The van der Waals surface area contributed by atoms with Crippen LogP contribution in [0.5, 0.6) is 11.5 Å². The molecular formula is C35H39N3O6S. The summed E-state index contributed by atoms with van der Waals surface area (Å²) in [5.41, 5.74) is 1.87. The van der Waals surface area contributed by atoms with E-state index in [2.05, 4.69) is 5.32 Å². The highest BCUT2D eigenvalue weighted by Crippen LogP contribution is 2.27. The number of anilines is 1. The lowest BCUT2D eigenvalue weighted by Gasteiger charge is -2.34. The summed E-state index contributed by atoms with van der Waals surface area (Å²) in [6.07, 6.45) is 0.233. The number of sulfonamides is 1. The number of hydrogen-bond acceptors (Lipinski definition) is 6. The normalized spacial score (nSPS) is 11.7. The number of carbonyl (C=O) groups excluding carboxylic acids is 2. The summed E-state index contributed by atoms with van der Waals surface area (Å²) in [6.45, 7) is 3.99. The topological polar surface area (TPSA) is 105 Å². The fourth-order valence-corrected chi connectivity index (χ4v) is 6.37. The number of amides is 2. The predicted octanol–water partition coefficient (Wildman–Crippen LogP) is 5.07. The van der Waals surface area contributed by atoms with Gasteiger partial charge in [-0.2, -0.15) is 0 Å². The van der Waals surface area contributed by atoms with E-state index in [0.29, 0.717) is 24.7 Å². The molecule has 2 amide bonds. The van der Waals surface area contributed by atoms with E-state index >= 15 is 0 Å². The molecule has 1 N–H and O–H groups in total. The van der Waals surface area contributed by atoms with E-state index in [0.717, 1.165) is 15.4 Å². The molecule has 0 fully saturated rings. The average Bonchev–Trinajstić information content (AvgIpc) is 3.06. The molecule has 0 spiro atoms. The number of carbonyl (C=O) groups is 2. The van der Waals surface area contributed by atoms with Gasteiger partial charge in [-0.15, -0.1) is 0 Å².